The van der Waals surface area contributed by atoms with Crippen LogP contribution in [-0.4, -0.2) is 32.2 Å². The third-order valence-electron chi connectivity index (χ3n) is 9.30. The second-order valence-electron chi connectivity index (χ2n) is 15.1. The molecule has 264 valence electrons. The Morgan fingerprint density at radius 1 is 0.364 bits per heavy atom. The molecule has 0 aliphatic heterocycles. The summed E-state index contributed by atoms with van der Waals surface area (Å²) in [5.41, 5.74) is 0. The molecule has 0 fully saturated rings. The van der Waals surface area contributed by atoms with Crippen LogP contribution < -0.4 is 17.0 Å². The van der Waals surface area contributed by atoms with Gasteiger partial charge < -0.3 is 21.5 Å². The smallest absolute Gasteiger partial charge is 0.0809 e. The van der Waals surface area contributed by atoms with Gasteiger partial charge in [-0.1, -0.05) is 173 Å². The van der Waals surface area contributed by atoms with Gasteiger partial charge in [-0.2, -0.15) is 0 Å². The molecule has 0 aliphatic rings. The van der Waals surface area contributed by atoms with Crippen molar-refractivity contribution >= 4 is 0 Å². The zero-order chi connectivity index (χ0) is 31.5. The van der Waals surface area contributed by atoms with Gasteiger partial charge in [-0.15, -0.1) is 0 Å². The van der Waals surface area contributed by atoms with E-state index in [1.165, 1.54) is 206 Å². The molecule has 0 heterocycles. The minimum Gasteiger partial charge on any atom is -1.00 e. The Bertz CT molecular complexity index is 575. The van der Waals surface area contributed by atoms with Crippen molar-refractivity contribution in [3.63, 3.8) is 0 Å². The molecule has 0 aromatic heterocycles. The maximum absolute atomic E-state index is 2.46. The molecule has 0 rings (SSSR count). The summed E-state index contributed by atoms with van der Waals surface area (Å²) in [5.74, 6) is 0.930. The van der Waals surface area contributed by atoms with Crippen molar-refractivity contribution in [1.29, 1.82) is 0 Å². The van der Waals surface area contributed by atoms with Gasteiger partial charge in [-0.25, -0.2) is 0 Å². The number of unbranched alkanes of at least 4 members (excludes halogenated alkanes) is 25. The largest absolute Gasteiger partial charge is 1.00 e. The molecule has 0 N–H and O–H groups in total. The van der Waals surface area contributed by atoms with Gasteiger partial charge in [0.1, 0.15) is 0 Å². The van der Waals surface area contributed by atoms with Crippen LogP contribution in [0.5, 0.6) is 0 Å². The van der Waals surface area contributed by atoms with Crippen molar-refractivity contribution in [3.8, 4) is 0 Å². The molecule has 1 atom stereocenters. The maximum Gasteiger partial charge on any atom is 0.0809 e. The summed E-state index contributed by atoms with van der Waals surface area (Å²) in [7, 11) is 7.16. The summed E-state index contributed by atoms with van der Waals surface area (Å²) in [4.78, 5) is 0. The molecule has 0 saturated carbocycles. The molecular weight excluding hydrogens is 598 g/mol. The summed E-state index contributed by atoms with van der Waals surface area (Å²) >= 11 is 0. The van der Waals surface area contributed by atoms with Crippen molar-refractivity contribution in [1.82, 2.24) is 0 Å². The number of rotatable bonds is 35. The van der Waals surface area contributed by atoms with Crippen molar-refractivity contribution in [3.05, 3.63) is 24.3 Å². The predicted molar refractivity (Wildman–Crippen MR) is 199 cm³/mol. The Morgan fingerprint density at radius 2 is 0.614 bits per heavy atom. The summed E-state index contributed by atoms with van der Waals surface area (Å²) in [6.07, 6.45) is 53.7. The van der Waals surface area contributed by atoms with Crippen LogP contribution in [0.15, 0.2) is 24.3 Å². The zero-order valence-electron chi connectivity index (χ0n) is 31.3. The van der Waals surface area contributed by atoms with E-state index in [1.54, 1.807) is 0 Å². The number of hydrogen-bond donors (Lipinski definition) is 0. The molecule has 0 aromatic carbocycles. The number of halogens is 1. The average Bonchev–Trinajstić information content (AvgIpc) is 2.97. The van der Waals surface area contributed by atoms with Crippen molar-refractivity contribution in [2.24, 2.45) is 5.92 Å². The quantitative estimate of drug-likeness (QED) is 0.0355. The van der Waals surface area contributed by atoms with Crippen LogP contribution in [0.25, 0.3) is 0 Å². The molecule has 0 aromatic rings. The fraction of sp³-hybridized carbons (Fsp3) is 0.905. The van der Waals surface area contributed by atoms with Crippen molar-refractivity contribution in [2.75, 3.05) is 27.7 Å². The van der Waals surface area contributed by atoms with Gasteiger partial charge >= 0.3 is 0 Å². The van der Waals surface area contributed by atoms with E-state index in [-0.39, 0.29) is 17.0 Å². The number of nitrogens with zero attached hydrogens (tertiary/aromatic N) is 1. The molecule has 0 spiro atoms. The monoisotopic (exact) mass is 682 g/mol. The van der Waals surface area contributed by atoms with E-state index >= 15 is 0 Å². The molecular formula is C42H84BrN. The van der Waals surface area contributed by atoms with Crippen LogP contribution >= 0.6 is 0 Å². The minimum absolute atomic E-state index is 0. The van der Waals surface area contributed by atoms with E-state index in [0.717, 1.165) is 10.4 Å². The Morgan fingerprint density at radius 3 is 0.886 bits per heavy atom. The highest BCUT2D eigenvalue weighted by Gasteiger charge is 2.17. The molecule has 1 unspecified atom stereocenters. The average molecular weight is 683 g/mol. The van der Waals surface area contributed by atoms with Gasteiger partial charge in [0.25, 0.3) is 0 Å². The second kappa shape index (κ2) is 37.4. The summed E-state index contributed by atoms with van der Waals surface area (Å²) < 4.78 is 1.13. The van der Waals surface area contributed by atoms with Gasteiger partial charge in [0.15, 0.2) is 0 Å². The highest BCUT2D eigenvalue weighted by atomic mass is 79.9. The normalized spacial score (nSPS) is 12.8. The van der Waals surface area contributed by atoms with Crippen LogP contribution in [0.3, 0.4) is 0 Å². The molecule has 0 radical (unpaired) electrons. The van der Waals surface area contributed by atoms with Crippen LogP contribution in [0.1, 0.15) is 213 Å². The first-order chi connectivity index (χ1) is 21.0. The topological polar surface area (TPSA) is 0 Å². The summed E-state index contributed by atoms with van der Waals surface area (Å²) in [5, 5.41) is 0. The highest BCUT2D eigenvalue weighted by Crippen LogP contribution is 2.22. The van der Waals surface area contributed by atoms with Gasteiger partial charge in [-0.3, -0.25) is 0 Å². The van der Waals surface area contributed by atoms with Gasteiger partial charge in [0.05, 0.1) is 27.7 Å². The maximum atomic E-state index is 2.46. The first kappa shape index (κ1) is 46.0. The number of quaternary nitrogens is 1. The molecule has 0 aliphatic carbocycles. The standard InChI is InChI=1S/C42H84N.BrH/c1-6-8-10-12-14-16-18-20-22-24-26-28-30-32-34-36-38-40-42(41-43(3,4)5)39-37-35-33-31-29-27-25-23-21-19-17-15-13-11-9-7-2;/h20-23,42H,6-19,24-41H2,1-5H3;1H/q+1;/p-1/b22-20-,23-21-;. The van der Waals surface area contributed by atoms with Crippen molar-refractivity contribution < 1.29 is 21.5 Å². The van der Waals surface area contributed by atoms with E-state index in [2.05, 4.69) is 59.3 Å². The van der Waals surface area contributed by atoms with Crippen LogP contribution in [0, 0.1) is 5.92 Å². The molecule has 0 bridgehead atoms. The number of hydrogen-bond acceptors (Lipinski definition) is 0. The van der Waals surface area contributed by atoms with Crippen LogP contribution in [0.4, 0.5) is 0 Å². The molecule has 1 nitrogen and oxygen atoms in total. The van der Waals surface area contributed by atoms with Crippen LogP contribution in [0.2, 0.25) is 0 Å². The van der Waals surface area contributed by atoms with E-state index in [1.807, 2.05) is 0 Å². The first-order valence-electron chi connectivity index (χ1n) is 20.1. The van der Waals surface area contributed by atoms with Crippen molar-refractivity contribution in [2.45, 2.75) is 213 Å². The molecule has 44 heavy (non-hydrogen) atoms. The number of allylic oxidation sites excluding steroid dienone is 4. The second-order valence-corrected chi connectivity index (χ2v) is 15.1. The molecule has 0 saturated heterocycles. The SMILES string of the molecule is CCCCCCCC/C=C\CCCCCCCCCC(CCCCCCCC/C=C\CCCCCCCC)C[N+](C)(C)C.[Br-]. The summed E-state index contributed by atoms with van der Waals surface area (Å²) in [6, 6.07) is 0. The lowest BCUT2D eigenvalue weighted by Crippen LogP contribution is -3.00. The third-order valence-corrected chi connectivity index (χ3v) is 9.30. The van der Waals surface area contributed by atoms with E-state index in [9.17, 15) is 0 Å². The van der Waals surface area contributed by atoms with E-state index < -0.39 is 0 Å². The van der Waals surface area contributed by atoms with Crippen LogP contribution in [-0.2, 0) is 0 Å². The minimum atomic E-state index is 0. The predicted octanol–water partition coefficient (Wildman–Crippen LogP) is 11.6. The summed E-state index contributed by atoms with van der Waals surface area (Å²) in [6.45, 7) is 5.96. The van der Waals surface area contributed by atoms with Gasteiger partial charge in [0, 0.05) is 5.92 Å². The highest BCUT2D eigenvalue weighted by molar-refractivity contribution is 4.82. The van der Waals surface area contributed by atoms with E-state index in [0.29, 0.717) is 0 Å². The van der Waals surface area contributed by atoms with E-state index in [4.69, 9.17) is 0 Å². The lowest BCUT2D eigenvalue weighted by molar-refractivity contribution is -0.874. The lowest BCUT2D eigenvalue weighted by atomic mass is 9.93. The Kier molecular flexibility index (Phi) is 39.1. The molecule has 2 heteroatoms. The fourth-order valence-electron chi connectivity index (χ4n) is 6.64. The first-order valence-corrected chi connectivity index (χ1v) is 20.1. The Labute approximate surface area is 291 Å². The fourth-order valence-corrected chi connectivity index (χ4v) is 6.64. The van der Waals surface area contributed by atoms with Gasteiger partial charge in [0.2, 0.25) is 0 Å². The Hall–Kier alpha value is -0.0800. The zero-order valence-corrected chi connectivity index (χ0v) is 32.9. The Balaban J connectivity index is 0. The van der Waals surface area contributed by atoms with Gasteiger partial charge in [-0.05, 0) is 64.2 Å². The molecule has 0 amide bonds. The lowest BCUT2D eigenvalue weighted by Gasteiger charge is -2.29. The third kappa shape index (κ3) is 39.9.